The molecule has 2 heterocycles. The molecule has 0 aliphatic carbocycles. The Labute approximate surface area is 174 Å². The summed E-state index contributed by atoms with van der Waals surface area (Å²) in [6, 6.07) is 6.53. The van der Waals surface area contributed by atoms with Gasteiger partial charge in [-0.1, -0.05) is 49.6 Å². The number of hydrogen-bond acceptors (Lipinski definition) is 2. The Balaban J connectivity index is 2.26. The van der Waals surface area contributed by atoms with Crippen LogP contribution in [0.25, 0.3) is 22.2 Å². The fraction of sp³-hybridized carbons (Fsp3) is 0.458. The zero-order valence-corrected chi connectivity index (χ0v) is 18.8. The normalized spacial score (nSPS) is 11.4. The summed E-state index contributed by atoms with van der Waals surface area (Å²) in [5, 5.41) is 0.565. The van der Waals surface area contributed by atoms with E-state index in [4.69, 9.17) is 16.6 Å². The second-order valence-corrected chi connectivity index (χ2v) is 8.32. The third kappa shape index (κ3) is 3.91. The molecule has 0 aliphatic rings. The Morgan fingerprint density at radius 2 is 1.68 bits per heavy atom. The van der Waals surface area contributed by atoms with Gasteiger partial charge in [-0.2, -0.15) is 0 Å². The highest BCUT2D eigenvalue weighted by atomic mass is 35.5. The van der Waals surface area contributed by atoms with E-state index >= 15 is 0 Å². The maximum atomic E-state index is 6.53. The van der Waals surface area contributed by atoms with E-state index in [0.717, 1.165) is 25.0 Å². The van der Waals surface area contributed by atoms with Crippen LogP contribution in [0.1, 0.15) is 49.8 Å². The Hall–Kier alpha value is -2.00. The van der Waals surface area contributed by atoms with Crippen LogP contribution in [0.3, 0.4) is 0 Å². The second-order valence-electron chi connectivity index (χ2n) is 7.93. The lowest BCUT2D eigenvalue weighted by atomic mass is 9.95. The van der Waals surface area contributed by atoms with Crippen LogP contribution in [0.2, 0.25) is 5.15 Å². The molecule has 0 spiro atoms. The molecular formula is C24H32ClN3. The van der Waals surface area contributed by atoms with Crippen LogP contribution < -0.4 is 4.90 Å². The molecule has 0 N–H and O–H groups in total. The number of benzene rings is 1. The van der Waals surface area contributed by atoms with Crippen molar-refractivity contribution < 1.29 is 0 Å². The first-order valence-corrected chi connectivity index (χ1v) is 10.7. The molecule has 0 saturated carbocycles. The highest BCUT2D eigenvalue weighted by Gasteiger charge is 2.20. The summed E-state index contributed by atoms with van der Waals surface area (Å²) in [6.45, 7) is 13.1. The molecule has 28 heavy (non-hydrogen) atoms. The van der Waals surface area contributed by atoms with Crippen LogP contribution in [0.4, 0.5) is 5.69 Å². The molecule has 0 saturated heterocycles. The van der Waals surface area contributed by atoms with Crippen LogP contribution in [0.5, 0.6) is 0 Å². The van der Waals surface area contributed by atoms with Gasteiger partial charge in [-0.3, -0.25) is 0 Å². The van der Waals surface area contributed by atoms with Gasteiger partial charge in [-0.05, 0) is 50.3 Å². The fourth-order valence-corrected chi connectivity index (χ4v) is 4.54. The largest absolute Gasteiger partial charge is 0.370 e. The molecule has 0 bridgehead atoms. The minimum Gasteiger partial charge on any atom is -0.370 e. The molecule has 3 rings (SSSR count). The summed E-state index contributed by atoms with van der Waals surface area (Å²) >= 11 is 6.53. The van der Waals surface area contributed by atoms with Gasteiger partial charge in [0.1, 0.15) is 5.15 Å². The molecule has 3 aromatic rings. The molecule has 4 heteroatoms. The number of fused-ring (bicyclic) bond motifs is 1. The molecule has 0 atom stereocenters. The standard InChI is InChI=1S/C24H32ClN3/c1-7-9-11-28(10-8-2)20-14-21(25)26-23-19(15-27(6)24(20)23)22-17(4)12-16(3)13-18(22)5/h12-15H,7-11H2,1-6H3. The van der Waals surface area contributed by atoms with Gasteiger partial charge in [0.05, 0.1) is 16.7 Å². The van der Waals surface area contributed by atoms with E-state index in [0.29, 0.717) is 5.15 Å². The average Bonchev–Trinajstić information content (AvgIpc) is 2.93. The van der Waals surface area contributed by atoms with Crippen molar-refractivity contribution in [3.8, 4) is 11.1 Å². The molecule has 0 fully saturated rings. The quantitative estimate of drug-likeness (QED) is 0.407. The third-order valence-corrected chi connectivity index (χ3v) is 5.63. The van der Waals surface area contributed by atoms with Gasteiger partial charge in [0.2, 0.25) is 0 Å². The van der Waals surface area contributed by atoms with Crippen molar-refractivity contribution in [1.29, 1.82) is 0 Å². The van der Waals surface area contributed by atoms with Crippen LogP contribution in [0.15, 0.2) is 24.4 Å². The molecule has 150 valence electrons. The van der Waals surface area contributed by atoms with Crippen molar-refractivity contribution in [3.05, 3.63) is 46.2 Å². The van der Waals surface area contributed by atoms with E-state index in [1.807, 2.05) is 6.07 Å². The number of hydrogen-bond donors (Lipinski definition) is 0. The lowest BCUT2D eigenvalue weighted by Crippen LogP contribution is -2.26. The maximum absolute atomic E-state index is 6.53. The minimum atomic E-state index is 0.565. The molecule has 0 aliphatic heterocycles. The van der Waals surface area contributed by atoms with E-state index in [1.165, 1.54) is 51.9 Å². The predicted molar refractivity (Wildman–Crippen MR) is 123 cm³/mol. The summed E-state index contributed by atoms with van der Waals surface area (Å²) < 4.78 is 2.22. The monoisotopic (exact) mass is 397 g/mol. The van der Waals surface area contributed by atoms with Gasteiger partial charge in [0.25, 0.3) is 0 Å². The number of pyridine rings is 1. The van der Waals surface area contributed by atoms with Crippen molar-refractivity contribution in [2.75, 3.05) is 18.0 Å². The molecule has 0 radical (unpaired) electrons. The van der Waals surface area contributed by atoms with Crippen LogP contribution in [0, 0.1) is 20.8 Å². The first kappa shape index (κ1) is 20.7. The molecule has 0 unspecified atom stereocenters. The van der Waals surface area contributed by atoms with Gasteiger partial charge in [-0.25, -0.2) is 4.98 Å². The summed E-state index contributed by atoms with van der Waals surface area (Å²) in [5.41, 5.74) is 9.66. The van der Waals surface area contributed by atoms with E-state index in [-0.39, 0.29) is 0 Å². The molecule has 3 nitrogen and oxygen atoms in total. The summed E-state index contributed by atoms with van der Waals surface area (Å²) in [6.07, 6.45) is 5.68. The maximum Gasteiger partial charge on any atom is 0.132 e. The summed E-state index contributed by atoms with van der Waals surface area (Å²) in [5.74, 6) is 0. The smallest absolute Gasteiger partial charge is 0.132 e. The fourth-order valence-electron chi connectivity index (χ4n) is 4.35. The van der Waals surface area contributed by atoms with E-state index in [1.54, 1.807) is 0 Å². The highest BCUT2D eigenvalue weighted by Crippen LogP contribution is 2.39. The van der Waals surface area contributed by atoms with Crippen molar-refractivity contribution in [2.45, 2.75) is 53.9 Å². The highest BCUT2D eigenvalue weighted by molar-refractivity contribution is 6.30. The summed E-state index contributed by atoms with van der Waals surface area (Å²) in [7, 11) is 2.12. The van der Waals surface area contributed by atoms with E-state index in [9.17, 15) is 0 Å². The third-order valence-electron chi connectivity index (χ3n) is 5.43. The molecule has 0 amide bonds. The minimum absolute atomic E-state index is 0.565. The van der Waals surface area contributed by atoms with Gasteiger partial charge in [0, 0.05) is 38.0 Å². The second kappa shape index (κ2) is 8.57. The molecular weight excluding hydrogens is 366 g/mol. The Bertz CT molecular complexity index is 964. The first-order valence-electron chi connectivity index (χ1n) is 10.4. The Morgan fingerprint density at radius 3 is 2.29 bits per heavy atom. The van der Waals surface area contributed by atoms with E-state index in [2.05, 4.69) is 69.5 Å². The number of aryl methyl sites for hydroxylation is 4. The van der Waals surface area contributed by atoms with Crippen molar-refractivity contribution in [3.63, 3.8) is 0 Å². The first-order chi connectivity index (χ1) is 13.4. The number of nitrogens with zero attached hydrogens (tertiary/aromatic N) is 3. The zero-order chi connectivity index (χ0) is 20.4. The van der Waals surface area contributed by atoms with Crippen molar-refractivity contribution in [1.82, 2.24) is 9.55 Å². The Kier molecular flexibility index (Phi) is 6.34. The van der Waals surface area contributed by atoms with Gasteiger partial charge < -0.3 is 9.47 Å². The topological polar surface area (TPSA) is 21.1 Å². The molecule has 1 aromatic carbocycles. The van der Waals surface area contributed by atoms with Crippen molar-refractivity contribution >= 4 is 28.3 Å². The van der Waals surface area contributed by atoms with Crippen LogP contribution in [-0.2, 0) is 7.05 Å². The number of aromatic nitrogens is 2. The average molecular weight is 398 g/mol. The molecule has 2 aromatic heterocycles. The number of anilines is 1. The SMILES string of the molecule is CCCCN(CCC)c1cc(Cl)nc2c(-c3c(C)cc(C)cc3C)cn(C)c12. The van der Waals surface area contributed by atoms with Crippen LogP contribution in [-0.4, -0.2) is 22.6 Å². The lowest BCUT2D eigenvalue weighted by molar-refractivity contribution is 0.704. The number of unbranched alkanes of at least 4 members (excludes halogenated alkanes) is 1. The summed E-state index contributed by atoms with van der Waals surface area (Å²) in [4.78, 5) is 7.25. The van der Waals surface area contributed by atoms with Gasteiger partial charge in [-0.15, -0.1) is 0 Å². The zero-order valence-electron chi connectivity index (χ0n) is 18.1. The van der Waals surface area contributed by atoms with Gasteiger partial charge >= 0.3 is 0 Å². The predicted octanol–water partition coefficient (Wildman–Crippen LogP) is 6.84. The lowest BCUT2D eigenvalue weighted by Gasteiger charge is -2.25. The Morgan fingerprint density at radius 1 is 1.00 bits per heavy atom. The van der Waals surface area contributed by atoms with Crippen LogP contribution >= 0.6 is 11.6 Å². The van der Waals surface area contributed by atoms with E-state index < -0.39 is 0 Å². The number of rotatable bonds is 7. The van der Waals surface area contributed by atoms with Gasteiger partial charge in [0.15, 0.2) is 0 Å². The number of halogens is 1. The van der Waals surface area contributed by atoms with Crippen molar-refractivity contribution in [2.24, 2.45) is 7.05 Å².